The first-order valence-electron chi connectivity index (χ1n) is 10.6. The van der Waals surface area contributed by atoms with Gasteiger partial charge in [0.1, 0.15) is 6.61 Å². The maximum atomic E-state index is 13.8. The molecule has 4 heterocycles. The Hall–Kier alpha value is -3.39. The number of ether oxygens (including phenoxy) is 2. The highest BCUT2D eigenvalue weighted by molar-refractivity contribution is 7.13. The predicted octanol–water partition coefficient (Wildman–Crippen LogP) is 4.31. The van der Waals surface area contributed by atoms with Gasteiger partial charge < -0.3 is 14.4 Å². The van der Waals surface area contributed by atoms with Gasteiger partial charge in [0.2, 0.25) is 0 Å². The number of thiophene rings is 1. The van der Waals surface area contributed by atoms with Gasteiger partial charge in [0.15, 0.2) is 23.3 Å². The molecule has 0 saturated carbocycles. The number of aromatic nitrogens is 3. The van der Waals surface area contributed by atoms with E-state index in [0.29, 0.717) is 36.7 Å². The number of fused-ring (bicyclic) bond motifs is 2. The summed E-state index contributed by atoms with van der Waals surface area (Å²) in [6.07, 6.45) is -0.238. The number of aryl methyl sites for hydroxylation is 2. The van der Waals surface area contributed by atoms with Gasteiger partial charge in [0.25, 0.3) is 5.91 Å². The molecule has 5 rings (SSSR count). The van der Waals surface area contributed by atoms with E-state index in [1.807, 2.05) is 68.7 Å². The summed E-state index contributed by atoms with van der Waals surface area (Å²) in [5.41, 5.74) is 2.89. The fraction of sp³-hybridized carbons (Fsp3) is 0.292. The molecule has 8 heteroatoms. The van der Waals surface area contributed by atoms with E-state index in [0.717, 1.165) is 27.4 Å². The number of para-hydroxylation sites is 2. The first kappa shape index (κ1) is 20.5. The first-order chi connectivity index (χ1) is 15.5. The standard InChI is InChI=1S/C24H24N4O3S/c1-4-28(13-16-14-30-19-8-5-6-9-20(19)31-16)24(29)17-12-18(21-10-7-11-32-21)25-23-22(17)15(2)26-27(23)3/h5-12,16H,4,13-14H2,1-3H3. The second-order valence-corrected chi connectivity index (χ2v) is 8.73. The summed E-state index contributed by atoms with van der Waals surface area (Å²) in [5, 5.41) is 7.33. The second-order valence-electron chi connectivity index (χ2n) is 7.78. The van der Waals surface area contributed by atoms with Crippen molar-refractivity contribution < 1.29 is 14.3 Å². The van der Waals surface area contributed by atoms with Crippen LogP contribution in [0.15, 0.2) is 47.8 Å². The van der Waals surface area contributed by atoms with Crippen molar-refractivity contribution in [2.75, 3.05) is 19.7 Å². The van der Waals surface area contributed by atoms with Crippen molar-refractivity contribution in [1.29, 1.82) is 0 Å². The van der Waals surface area contributed by atoms with Crippen molar-refractivity contribution in [3.8, 4) is 22.1 Å². The van der Waals surface area contributed by atoms with Crippen molar-refractivity contribution in [2.24, 2.45) is 7.05 Å². The normalized spacial score (nSPS) is 15.2. The van der Waals surface area contributed by atoms with Crippen LogP contribution in [-0.2, 0) is 7.05 Å². The van der Waals surface area contributed by atoms with Gasteiger partial charge in [-0.2, -0.15) is 5.10 Å². The molecule has 0 N–H and O–H groups in total. The molecular formula is C24H24N4O3S. The summed E-state index contributed by atoms with van der Waals surface area (Å²) in [6, 6.07) is 13.5. The molecule has 0 radical (unpaired) electrons. The highest BCUT2D eigenvalue weighted by Crippen LogP contribution is 2.32. The number of hydrogen-bond acceptors (Lipinski definition) is 6. The minimum absolute atomic E-state index is 0.0590. The lowest BCUT2D eigenvalue weighted by Crippen LogP contribution is -2.43. The maximum Gasteiger partial charge on any atom is 0.254 e. The SMILES string of the molecule is CCN(CC1COc2ccccc2O1)C(=O)c1cc(-c2cccs2)nc2c1c(C)nn2C. The Morgan fingerprint density at radius 2 is 2.06 bits per heavy atom. The van der Waals surface area contributed by atoms with Crippen LogP contribution in [0.3, 0.4) is 0 Å². The van der Waals surface area contributed by atoms with Crippen molar-refractivity contribution in [3.63, 3.8) is 0 Å². The molecule has 1 atom stereocenters. The maximum absolute atomic E-state index is 13.8. The Labute approximate surface area is 190 Å². The van der Waals surface area contributed by atoms with Crippen LogP contribution in [0.5, 0.6) is 11.5 Å². The van der Waals surface area contributed by atoms with Gasteiger partial charge in [-0.15, -0.1) is 11.3 Å². The molecule has 1 unspecified atom stereocenters. The average molecular weight is 449 g/mol. The van der Waals surface area contributed by atoms with E-state index in [4.69, 9.17) is 14.5 Å². The summed E-state index contributed by atoms with van der Waals surface area (Å²) in [6.45, 7) is 5.28. The number of rotatable bonds is 5. The lowest BCUT2D eigenvalue weighted by Gasteiger charge is -2.31. The molecule has 0 bridgehead atoms. The van der Waals surface area contributed by atoms with Crippen LogP contribution < -0.4 is 9.47 Å². The third-order valence-electron chi connectivity index (χ3n) is 5.63. The highest BCUT2D eigenvalue weighted by atomic mass is 32.1. The molecule has 1 aliphatic heterocycles. The van der Waals surface area contributed by atoms with Gasteiger partial charge in [-0.25, -0.2) is 4.98 Å². The fourth-order valence-corrected chi connectivity index (χ4v) is 4.78. The number of amides is 1. The molecule has 3 aromatic heterocycles. The largest absolute Gasteiger partial charge is 0.486 e. The summed E-state index contributed by atoms with van der Waals surface area (Å²) >= 11 is 1.60. The molecule has 0 spiro atoms. The Bertz CT molecular complexity index is 1280. The van der Waals surface area contributed by atoms with E-state index in [9.17, 15) is 4.79 Å². The van der Waals surface area contributed by atoms with Gasteiger partial charge in [-0.1, -0.05) is 18.2 Å². The van der Waals surface area contributed by atoms with E-state index in [2.05, 4.69) is 5.10 Å². The quantitative estimate of drug-likeness (QED) is 0.455. The molecule has 4 aromatic rings. The molecule has 164 valence electrons. The molecule has 0 saturated heterocycles. The van der Waals surface area contributed by atoms with E-state index in [1.165, 1.54) is 0 Å². The monoisotopic (exact) mass is 448 g/mol. The molecule has 1 amide bonds. The number of carbonyl (C=O) groups is 1. The van der Waals surface area contributed by atoms with Crippen LogP contribution in [0.2, 0.25) is 0 Å². The number of carbonyl (C=O) groups excluding carboxylic acids is 1. The van der Waals surface area contributed by atoms with Crippen LogP contribution >= 0.6 is 11.3 Å². The minimum atomic E-state index is -0.238. The second kappa shape index (κ2) is 8.27. The van der Waals surface area contributed by atoms with Crippen molar-refractivity contribution in [3.05, 3.63) is 59.1 Å². The first-order valence-corrected chi connectivity index (χ1v) is 11.5. The van der Waals surface area contributed by atoms with E-state index in [1.54, 1.807) is 20.9 Å². The Morgan fingerprint density at radius 1 is 1.25 bits per heavy atom. The Balaban J connectivity index is 1.49. The summed E-state index contributed by atoms with van der Waals surface area (Å²) in [7, 11) is 1.86. The fourth-order valence-electron chi connectivity index (χ4n) is 4.09. The number of likely N-dealkylation sites (N-methyl/N-ethyl adjacent to an activating group) is 1. The third-order valence-corrected chi connectivity index (χ3v) is 6.53. The number of pyridine rings is 1. The molecule has 1 aliphatic rings. The number of benzene rings is 1. The van der Waals surface area contributed by atoms with Crippen LogP contribution in [0.25, 0.3) is 21.6 Å². The zero-order valence-corrected chi connectivity index (χ0v) is 19.1. The summed E-state index contributed by atoms with van der Waals surface area (Å²) < 4.78 is 13.7. The van der Waals surface area contributed by atoms with Gasteiger partial charge in [0.05, 0.1) is 33.8 Å². The molecule has 0 aliphatic carbocycles. The zero-order chi connectivity index (χ0) is 22.2. The van der Waals surface area contributed by atoms with Crippen LogP contribution in [0.1, 0.15) is 23.0 Å². The lowest BCUT2D eigenvalue weighted by molar-refractivity contribution is 0.0476. The molecule has 32 heavy (non-hydrogen) atoms. The Kier molecular flexibility index (Phi) is 5.30. The van der Waals surface area contributed by atoms with E-state index < -0.39 is 0 Å². The number of nitrogens with zero attached hydrogens (tertiary/aromatic N) is 4. The summed E-state index contributed by atoms with van der Waals surface area (Å²) in [5.74, 6) is 1.39. The minimum Gasteiger partial charge on any atom is -0.486 e. The Morgan fingerprint density at radius 3 is 2.81 bits per heavy atom. The smallest absolute Gasteiger partial charge is 0.254 e. The van der Waals surface area contributed by atoms with Crippen LogP contribution in [0.4, 0.5) is 0 Å². The van der Waals surface area contributed by atoms with Gasteiger partial charge in [-0.05, 0) is 43.5 Å². The highest BCUT2D eigenvalue weighted by Gasteiger charge is 2.28. The molecular weight excluding hydrogens is 424 g/mol. The average Bonchev–Trinajstić information content (AvgIpc) is 3.45. The van der Waals surface area contributed by atoms with Gasteiger partial charge in [0, 0.05) is 13.6 Å². The number of hydrogen-bond donors (Lipinski definition) is 0. The topological polar surface area (TPSA) is 69.5 Å². The molecule has 1 aromatic carbocycles. The van der Waals surface area contributed by atoms with Gasteiger partial charge >= 0.3 is 0 Å². The molecule has 0 fully saturated rings. The molecule has 7 nitrogen and oxygen atoms in total. The third kappa shape index (κ3) is 3.60. The van der Waals surface area contributed by atoms with Crippen molar-refractivity contribution in [1.82, 2.24) is 19.7 Å². The van der Waals surface area contributed by atoms with Crippen LogP contribution in [0, 0.1) is 6.92 Å². The van der Waals surface area contributed by atoms with E-state index >= 15 is 0 Å². The predicted molar refractivity (Wildman–Crippen MR) is 124 cm³/mol. The van der Waals surface area contributed by atoms with Gasteiger partial charge in [-0.3, -0.25) is 9.48 Å². The zero-order valence-electron chi connectivity index (χ0n) is 18.2. The van der Waals surface area contributed by atoms with E-state index in [-0.39, 0.29) is 12.0 Å². The van der Waals surface area contributed by atoms with Crippen molar-refractivity contribution >= 4 is 28.3 Å². The van der Waals surface area contributed by atoms with Crippen molar-refractivity contribution in [2.45, 2.75) is 20.0 Å². The van der Waals surface area contributed by atoms with Crippen LogP contribution in [-0.4, -0.2) is 51.4 Å². The summed E-state index contributed by atoms with van der Waals surface area (Å²) in [4.78, 5) is 21.4. The lowest BCUT2D eigenvalue weighted by atomic mass is 10.1.